The zero-order valence-electron chi connectivity index (χ0n) is 9.63. The number of rotatable bonds is 4. The number of nitrogens with two attached hydrogens (primary N) is 1. The Morgan fingerprint density at radius 2 is 2.15 bits per heavy atom. The van der Waals surface area contributed by atoms with E-state index in [9.17, 15) is 17.6 Å². The molecule has 0 bridgehead atoms. The average Bonchev–Trinajstić information content (AvgIpc) is 2.78. The number of primary amides is 1. The molecule has 0 spiro atoms. The predicted octanol–water partition coefficient (Wildman–Crippen LogP) is 1.84. The molecule has 0 aliphatic carbocycles. The molecule has 0 unspecified atom stereocenters. The highest BCUT2D eigenvalue weighted by atomic mass is 35.5. The summed E-state index contributed by atoms with van der Waals surface area (Å²) in [5.41, 5.74) is 4.57. The van der Waals surface area contributed by atoms with Crippen LogP contribution in [0.3, 0.4) is 0 Å². The molecule has 1 aromatic carbocycles. The Morgan fingerprint density at radius 3 is 2.70 bits per heavy atom. The highest BCUT2D eigenvalue weighted by molar-refractivity contribution is 7.94. The molecule has 0 saturated carbocycles. The Morgan fingerprint density at radius 1 is 1.45 bits per heavy atom. The number of nitrogens with one attached hydrogen (secondary N) is 1. The van der Waals surface area contributed by atoms with E-state index < -0.39 is 27.3 Å². The molecule has 0 aliphatic rings. The fraction of sp³-hybridized carbons (Fsp3) is 0. The molecule has 1 aromatic heterocycles. The number of nitrogens with zero attached hydrogens (tertiary/aromatic N) is 1. The maximum absolute atomic E-state index is 13.3. The van der Waals surface area contributed by atoms with Crippen molar-refractivity contribution in [1.82, 2.24) is 4.98 Å². The molecular weight excluding hydrogens is 329 g/mol. The van der Waals surface area contributed by atoms with E-state index in [1.807, 2.05) is 0 Å². The normalized spacial score (nSPS) is 11.3. The molecule has 0 fully saturated rings. The minimum Gasteiger partial charge on any atom is -0.366 e. The summed E-state index contributed by atoms with van der Waals surface area (Å²) in [5, 5.41) is 0. The molecule has 0 aliphatic heterocycles. The van der Waals surface area contributed by atoms with Crippen LogP contribution in [0.15, 0.2) is 28.6 Å². The van der Waals surface area contributed by atoms with Gasteiger partial charge in [-0.1, -0.05) is 22.9 Å². The summed E-state index contributed by atoms with van der Waals surface area (Å²) in [6, 6.07) is 3.12. The van der Waals surface area contributed by atoms with Gasteiger partial charge in [0.15, 0.2) is 8.68 Å². The van der Waals surface area contributed by atoms with Crippen molar-refractivity contribution >= 4 is 44.6 Å². The molecular formula is C10H7ClFN3O3S2. The van der Waals surface area contributed by atoms with E-state index in [-0.39, 0.29) is 14.4 Å². The third-order valence-electron chi connectivity index (χ3n) is 2.21. The molecule has 3 N–H and O–H groups in total. The lowest BCUT2D eigenvalue weighted by atomic mass is 10.2. The van der Waals surface area contributed by atoms with Gasteiger partial charge in [-0.25, -0.2) is 17.8 Å². The number of thiazole rings is 1. The van der Waals surface area contributed by atoms with E-state index in [0.29, 0.717) is 0 Å². The van der Waals surface area contributed by atoms with Crippen LogP contribution in [0.5, 0.6) is 0 Å². The molecule has 2 aromatic rings. The van der Waals surface area contributed by atoms with E-state index in [1.54, 1.807) is 0 Å². The number of carbonyl (C=O) groups excluding carboxylic acids is 1. The highest BCUT2D eigenvalue weighted by Gasteiger charge is 2.19. The van der Waals surface area contributed by atoms with Crippen LogP contribution in [0.2, 0.25) is 4.47 Å². The van der Waals surface area contributed by atoms with Crippen molar-refractivity contribution in [3.05, 3.63) is 40.2 Å². The van der Waals surface area contributed by atoms with E-state index >= 15 is 0 Å². The number of carbonyl (C=O) groups is 1. The Kier molecular flexibility index (Phi) is 3.93. The van der Waals surface area contributed by atoms with Gasteiger partial charge in [-0.15, -0.1) is 0 Å². The minimum absolute atomic E-state index is 0.00437. The van der Waals surface area contributed by atoms with Crippen LogP contribution < -0.4 is 10.5 Å². The first-order valence-corrected chi connectivity index (χ1v) is 7.71. The van der Waals surface area contributed by atoms with Crippen LogP contribution in [0.4, 0.5) is 10.1 Å². The molecule has 1 amide bonds. The van der Waals surface area contributed by atoms with Crippen LogP contribution in [-0.4, -0.2) is 19.3 Å². The first-order valence-electron chi connectivity index (χ1n) is 5.03. The van der Waals surface area contributed by atoms with E-state index in [4.69, 9.17) is 17.3 Å². The average molecular weight is 336 g/mol. The lowest BCUT2D eigenvalue weighted by Crippen LogP contribution is -2.15. The SMILES string of the molecule is NC(=O)c1cc(NS(=O)(=O)c2cnc(Cl)s2)ccc1F. The monoisotopic (exact) mass is 335 g/mol. The van der Waals surface area contributed by atoms with Crippen LogP contribution in [0, 0.1) is 5.82 Å². The summed E-state index contributed by atoms with van der Waals surface area (Å²) in [7, 11) is -3.90. The number of halogens is 2. The zero-order valence-corrected chi connectivity index (χ0v) is 12.0. The standard InChI is InChI=1S/C10H7ClFN3O3S2/c11-10-14-4-8(19-10)20(17,18)15-5-1-2-7(12)6(3-5)9(13)16/h1-4,15H,(H2,13,16). The first-order chi connectivity index (χ1) is 9.29. The molecule has 10 heteroatoms. The number of benzene rings is 1. The number of aromatic nitrogens is 1. The number of hydrogen-bond acceptors (Lipinski definition) is 5. The first kappa shape index (κ1) is 14.7. The van der Waals surface area contributed by atoms with Crippen molar-refractivity contribution in [2.75, 3.05) is 4.72 Å². The van der Waals surface area contributed by atoms with Gasteiger partial charge in [0.2, 0.25) is 0 Å². The number of anilines is 1. The van der Waals surface area contributed by atoms with Gasteiger partial charge in [0, 0.05) is 5.69 Å². The van der Waals surface area contributed by atoms with E-state index in [2.05, 4.69) is 9.71 Å². The van der Waals surface area contributed by atoms with Gasteiger partial charge in [-0.05, 0) is 18.2 Å². The number of hydrogen-bond donors (Lipinski definition) is 2. The van der Waals surface area contributed by atoms with Crippen molar-refractivity contribution in [1.29, 1.82) is 0 Å². The summed E-state index contributed by atoms with van der Waals surface area (Å²) < 4.78 is 39.4. The van der Waals surface area contributed by atoms with Crippen LogP contribution in [-0.2, 0) is 10.0 Å². The molecule has 20 heavy (non-hydrogen) atoms. The second-order valence-corrected chi connectivity index (χ2v) is 7.12. The smallest absolute Gasteiger partial charge is 0.273 e. The molecule has 106 valence electrons. The van der Waals surface area contributed by atoms with Gasteiger partial charge < -0.3 is 5.73 Å². The Balaban J connectivity index is 2.35. The van der Waals surface area contributed by atoms with Gasteiger partial charge in [0.25, 0.3) is 15.9 Å². The lowest BCUT2D eigenvalue weighted by Gasteiger charge is -2.07. The molecule has 6 nitrogen and oxygen atoms in total. The van der Waals surface area contributed by atoms with Gasteiger partial charge in [-0.2, -0.15) is 0 Å². The Hall–Kier alpha value is -1.71. The highest BCUT2D eigenvalue weighted by Crippen LogP contribution is 2.25. The molecule has 0 saturated heterocycles. The van der Waals surface area contributed by atoms with E-state index in [0.717, 1.165) is 29.7 Å². The molecule has 2 rings (SSSR count). The van der Waals surface area contributed by atoms with Crippen molar-refractivity contribution in [2.45, 2.75) is 4.21 Å². The maximum atomic E-state index is 13.3. The van der Waals surface area contributed by atoms with Crippen molar-refractivity contribution in [3.8, 4) is 0 Å². The van der Waals surface area contributed by atoms with Crippen molar-refractivity contribution in [3.63, 3.8) is 0 Å². The number of amides is 1. The lowest BCUT2D eigenvalue weighted by molar-refractivity contribution is 0.0996. The molecule has 1 heterocycles. The van der Waals surface area contributed by atoms with Gasteiger partial charge in [0.1, 0.15) is 5.82 Å². The van der Waals surface area contributed by atoms with Gasteiger partial charge >= 0.3 is 0 Å². The van der Waals surface area contributed by atoms with Crippen LogP contribution in [0.1, 0.15) is 10.4 Å². The van der Waals surface area contributed by atoms with Crippen molar-refractivity contribution in [2.24, 2.45) is 5.73 Å². The quantitative estimate of drug-likeness (QED) is 0.889. The Bertz CT molecular complexity index is 776. The predicted molar refractivity (Wildman–Crippen MR) is 72.9 cm³/mol. The summed E-state index contributed by atoms with van der Waals surface area (Å²) >= 11 is 6.33. The summed E-state index contributed by atoms with van der Waals surface area (Å²) in [4.78, 5) is 14.6. The largest absolute Gasteiger partial charge is 0.366 e. The summed E-state index contributed by atoms with van der Waals surface area (Å²) in [6.07, 6.45) is 1.09. The zero-order chi connectivity index (χ0) is 14.9. The van der Waals surface area contributed by atoms with Gasteiger partial charge in [-0.3, -0.25) is 9.52 Å². The topological polar surface area (TPSA) is 102 Å². The van der Waals surface area contributed by atoms with E-state index in [1.165, 1.54) is 6.07 Å². The molecule has 0 atom stereocenters. The minimum atomic E-state index is -3.90. The van der Waals surface area contributed by atoms with Crippen LogP contribution in [0.25, 0.3) is 0 Å². The second-order valence-electron chi connectivity index (χ2n) is 3.60. The van der Waals surface area contributed by atoms with Crippen molar-refractivity contribution < 1.29 is 17.6 Å². The second kappa shape index (κ2) is 5.35. The summed E-state index contributed by atoms with van der Waals surface area (Å²) in [5.74, 6) is -1.83. The number of sulfonamides is 1. The fourth-order valence-corrected chi connectivity index (χ4v) is 3.69. The third-order valence-corrected chi connectivity index (χ3v) is 5.16. The summed E-state index contributed by atoms with van der Waals surface area (Å²) in [6.45, 7) is 0. The molecule has 0 radical (unpaired) electrons. The Labute approximate surface area is 122 Å². The van der Waals surface area contributed by atoms with Gasteiger partial charge in [0.05, 0.1) is 11.8 Å². The maximum Gasteiger partial charge on any atom is 0.273 e. The fourth-order valence-electron chi connectivity index (χ4n) is 1.35. The third kappa shape index (κ3) is 3.06. The van der Waals surface area contributed by atoms with Crippen LogP contribution >= 0.6 is 22.9 Å².